The van der Waals surface area contributed by atoms with E-state index >= 15 is 0 Å². The number of ether oxygens (including phenoxy) is 1. The summed E-state index contributed by atoms with van der Waals surface area (Å²) in [5.41, 5.74) is 0. The molecule has 2 fully saturated rings. The number of rotatable bonds is 12. The molecule has 7 heteroatoms. The zero-order valence-electron chi connectivity index (χ0n) is 18.0. The maximum absolute atomic E-state index is 13.2. The minimum Gasteiger partial charge on any atom is -0.463 e. The maximum atomic E-state index is 13.2. The predicted octanol–water partition coefficient (Wildman–Crippen LogP) is 2.44. The molecule has 0 radical (unpaired) electrons. The van der Waals surface area contributed by atoms with Gasteiger partial charge in [-0.25, -0.2) is 0 Å². The quantitative estimate of drug-likeness (QED) is 0.298. The topological polar surface area (TPSA) is 87.2 Å². The largest absolute Gasteiger partial charge is 0.463 e. The highest BCUT2D eigenvalue weighted by Crippen LogP contribution is 2.26. The molecule has 2 heterocycles. The Labute approximate surface area is 179 Å². The summed E-state index contributed by atoms with van der Waals surface area (Å²) in [7, 11) is 0. The lowest BCUT2D eigenvalue weighted by molar-refractivity contribution is -0.149. The van der Waals surface area contributed by atoms with Crippen molar-refractivity contribution in [3.8, 4) is 0 Å². The summed E-state index contributed by atoms with van der Waals surface area (Å²) in [5, 5.41) is 9.48. The monoisotopic (exact) mass is 420 g/mol. The fourth-order valence-electron chi connectivity index (χ4n) is 4.34. The van der Waals surface area contributed by atoms with Gasteiger partial charge in [-0.05, 0) is 44.9 Å². The Balaban J connectivity index is 1.92. The lowest BCUT2D eigenvalue weighted by atomic mass is 9.98. The van der Waals surface area contributed by atoms with Crippen LogP contribution in [0.4, 0.5) is 0 Å². The van der Waals surface area contributed by atoms with Crippen LogP contribution in [0.1, 0.15) is 57.8 Å². The van der Waals surface area contributed by atoms with Gasteiger partial charge in [0.05, 0.1) is 24.6 Å². The molecule has 0 aliphatic carbocycles. The van der Waals surface area contributed by atoms with E-state index in [9.17, 15) is 19.5 Å². The minimum absolute atomic E-state index is 0.0435. The molecule has 7 nitrogen and oxygen atoms in total. The molecule has 3 atom stereocenters. The van der Waals surface area contributed by atoms with E-state index in [1.807, 2.05) is 0 Å². The van der Waals surface area contributed by atoms with E-state index in [0.29, 0.717) is 32.4 Å². The third kappa shape index (κ3) is 6.69. The average Bonchev–Trinajstić information content (AvgIpc) is 3.40. The number of likely N-dealkylation sites (tertiary alicyclic amines) is 2. The summed E-state index contributed by atoms with van der Waals surface area (Å²) in [6, 6.07) is -0.280. The Bertz CT molecular complexity index is 621. The Morgan fingerprint density at radius 1 is 1.07 bits per heavy atom. The molecule has 3 unspecified atom stereocenters. The number of amides is 2. The second-order valence-corrected chi connectivity index (χ2v) is 8.18. The van der Waals surface area contributed by atoms with Gasteiger partial charge in [0.2, 0.25) is 11.8 Å². The van der Waals surface area contributed by atoms with Crippen molar-refractivity contribution in [2.45, 2.75) is 69.9 Å². The number of esters is 1. The standard InChI is InChI=1S/C23H36N2O5/c1-3-5-6-12-22(28)30-17-20-11-8-14-25(20)23(29)18(9-4-2)15-21(27)24-13-7-10-19(24)16-26/h3-4,18-20,26H,1-2,5-17H2. The van der Waals surface area contributed by atoms with Gasteiger partial charge in [0.1, 0.15) is 6.61 Å². The number of hydrogen-bond donors (Lipinski definition) is 1. The maximum Gasteiger partial charge on any atom is 0.305 e. The normalized spacial score (nSPS) is 22.0. The van der Waals surface area contributed by atoms with E-state index in [-0.39, 0.29) is 49.5 Å². The van der Waals surface area contributed by atoms with Crippen LogP contribution < -0.4 is 0 Å². The number of allylic oxidation sites excluding steroid dienone is 2. The molecule has 0 aromatic heterocycles. The molecule has 0 bridgehead atoms. The third-order valence-electron chi connectivity index (χ3n) is 6.02. The molecule has 2 aliphatic rings. The fraction of sp³-hybridized carbons (Fsp3) is 0.696. The Kier molecular flexibility index (Phi) is 10.1. The van der Waals surface area contributed by atoms with E-state index in [1.165, 1.54) is 0 Å². The first-order chi connectivity index (χ1) is 14.5. The van der Waals surface area contributed by atoms with Gasteiger partial charge < -0.3 is 19.6 Å². The summed E-state index contributed by atoms with van der Waals surface area (Å²) in [6.45, 7) is 8.79. The molecule has 168 valence electrons. The van der Waals surface area contributed by atoms with Crippen molar-refractivity contribution in [3.63, 3.8) is 0 Å². The molecular formula is C23H36N2O5. The molecular weight excluding hydrogens is 384 g/mol. The van der Waals surface area contributed by atoms with Gasteiger partial charge in [-0.3, -0.25) is 14.4 Å². The van der Waals surface area contributed by atoms with E-state index in [4.69, 9.17) is 4.74 Å². The highest BCUT2D eigenvalue weighted by atomic mass is 16.5. The summed E-state index contributed by atoms with van der Waals surface area (Å²) in [4.78, 5) is 41.4. The number of aliphatic hydroxyl groups is 1. The average molecular weight is 421 g/mol. The summed E-state index contributed by atoms with van der Waals surface area (Å²) < 4.78 is 5.39. The van der Waals surface area contributed by atoms with Crippen LogP contribution >= 0.6 is 0 Å². The molecule has 0 saturated carbocycles. The molecule has 2 aliphatic heterocycles. The van der Waals surface area contributed by atoms with Gasteiger partial charge in [0.25, 0.3) is 0 Å². The first-order valence-electron chi connectivity index (χ1n) is 11.1. The molecule has 0 spiro atoms. The zero-order chi connectivity index (χ0) is 21.9. The van der Waals surface area contributed by atoms with E-state index in [1.54, 1.807) is 22.0 Å². The van der Waals surface area contributed by atoms with Gasteiger partial charge in [0, 0.05) is 25.9 Å². The van der Waals surface area contributed by atoms with E-state index in [2.05, 4.69) is 13.2 Å². The molecule has 2 rings (SSSR count). The lowest BCUT2D eigenvalue weighted by Gasteiger charge is -2.30. The van der Waals surface area contributed by atoms with Gasteiger partial charge in [0.15, 0.2) is 0 Å². The van der Waals surface area contributed by atoms with Crippen LogP contribution in [0, 0.1) is 5.92 Å². The van der Waals surface area contributed by atoms with Gasteiger partial charge in [-0.15, -0.1) is 13.2 Å². The summed E-state index contributed by atoms with van der Waals surface area (Å²) in [5.74, 6) is -0.888. The third-order valence-corrected chi connectivity index (χ3v) is 6.02. The van der Waals surface area contributed by atoms with E-state index < -0.39 is 5.92 Å². The first-order valence-corrected chi connectivity index (χ1v) is 11.1. The first kappa shape index (κ1) is 24.1. The van der Waals surface area contributed by atoms with Crippen LogP contribution in [0.15, 0.2) is 25.3 Å². The Hall–Kier alpha value is -2.15. The van der Waals surface area contributed by atoms with Crippen molar-refractivity contribution in [3.05, 3.63) is 25.3 Å². The highest BCUT2D eigenvalue weighted by Gasteiger charge is 2.36. The van der Waals surface area contributed by atoms with Gasteiger partial charge in [-0.2, -0.15) is 0 Å². The number of carbonyl (C=O) groups excluding carboxylic acids is 3. The van der Waals surface area contributed by atoms with Crippen molar-refractivity contribution in [2.24, 2.45) is 5.92 Å². The highest BCUT2D eigenvalue weighted by molar-refractivity contribution is 5.86. The van der Waals surface area contributed by atoms with Crippen molar-refractivity contribution >= 4 is 17.8 Å². The fourth-order valence-corrected chi connectivity index (χ4v) is 4.34. The minimum atomic E-state index is -0.473. The van der Waals surface area contributed by atoms with Crippen molar-refractivity contribution in [1.29, 1.82) is 0 Å². The number of aliphatic hydroxyl groups excluding tert-OH is 1. The molecule has 0 aromatic rings. The van der Waals surface area contributed by atoms with E-state index in [0.717, 1.165) is 32.1 Å². The number of unbranched alkanes of at least 4 members (excludes halogenated alkanes) is 1. The SMILES string of the molecule is C=CCCCC(=O)OCC1CCCN1C(=O)C(CC=C)CC(=O)N1CCCC1CO. The second-order valence-electron chi connectivity index (χ2n) is 8.18. The van der Waals surface area contributed by atoms with Crippen molar-refractivity contribution < 1.29 is 24.2 Å². The van der Waals surface area contributed by atoms with Gasteiger partial charge >= 0.3 is 5.97 Å². The van der Waals surface area contributed by atoms with Crippen molar-refractivity contribution in [1.82, 2.24) is 9.80 Å². The van der Waals surface area contributed by atoms with Crippen LogP contribution in [-0.4, -0.2) is 71.1 Å². The summed E-state index contributed by atoms with van der Waals surface area (Å²) in [6.07, 6.45) is 9.15. The van der Waals surface area contributed by atoms with Gasteiger partial charge in [-0.1, -0.05) is 12.2 Å². The number of nitrogens with zero attached hydrogens (tertiary/aromatic N) is 2. The Morgan fingerprint density at radius 3 is 2.43 bits per heavy atom. The number of carbonyl (C=O) groups is 3. The van der Waals surface area contributed by atoms with Crippen LogP contribution in [0.5, 0.6) is 0 Å². The molecule has 0 aromatic carbocycles. The summed E-state index contributed by atoms with van der Waals surface area (Å²) >= 11 is 0. The molecule has 1 N–H and O–H groups in total. The van der Waals surface area contributed by atoms with Crippen LogP contribution in [0.2, 0.25) is 0 Å². The number of hydrogen-bond acceptors (Lipinski definition) is 5. The second kappa shape index (κ2) is 12.5. The lowest BCUT2D eigenvalue weighted by Crippen LogP contribution is -2.44. The van der Waals surface area contributed by atoms with Crippen LogP contribution in [0.25, 0.3) is 0 Å². The zero-order valence-corrected chi connectivity index (χ0v) is 18.0. The van der Waals surface area contributed by atoms with Crippen LogP contribution in [0.3, 0.4) is 0 Å². The predicted molar refractivity (Wildman–Crippen MR) is 114 cm³/mol. The molecule has 30 heavy (non-hydrogen) atoms. The molecule has 2 amide bonds. The Morgan fingerprint density at radius 2 is 1.77 bits per heavy atom. The smallest absolute Gasteiger partial charge is 0.305 e. The van der Waals surface area contributed by atoms with Crippen LogP contribution in [-0.2, 0) is 19.1 Å². The molecule has 2 saturated heterocycles. The van der Waals surface area contributed by atoms with Crippen molar-refractivity contribution in [2.75, 3.05) is 26.3 Å².